The van der Waals surface area contributed by atoms with E-state index in [2.05, 4.69) is 0 Å². The summed E-state index contributed by atoms with van der Waals surface area (Å²) in [5, 5.41) is 0. The molecule has 1 amide bonds. The highest BCUT2D eigenvalue weighted by Crippen LogP contribution is 2.52. The Morgan fingerprint density at radius 3 is 2.40 bits per heavy atom. The summed E-state index contributed by atoms with van der Waals surface area (Å²) in [4.78, 5) is 28.5. The van der Waals surface area contributed by atoms with E-state index in [1.54, 1.807) is 30.9 Å². The van der Waals surface area contributed by atoms with E-state index in [9.17, 15) is 26.8 Å². The lowest BCUT2D eigenvalue weighted by Gasteiger charge is -2.45. The summed E-state index contributed by atoms with van der Waals surface area (Å²) in [6.07, 6.45) is 1.97. The molecular weight excluding hydrogens is 568 g/mol. The van der Waals surface area contributed by atoms with Gasteiger partial charge in [-0.25, -0.2) is 22.0 Å². The molecule has 0 unspecified atom stereocenters. The molecule has 1 saturated carbocycles. The second-order valence-electron chi connectivity index (χ2n) is 11.3. The SMILES string of the molecule is CCOC(=O)CN1CCN(C(=O)OC2([C@H]3CCC[C@@H](c4cccc(F)c4)N3S(=O)(=O)c3ccc(C)c(F)c3)CC2)CC1. The van der Waals surface area contributed by atoms with Gasteiger partial charge in [-0.3, -0.25) is 9.69 Å². The summed E-state index contributed by atoms with van der Waals surface area (Å²) < 4.78 is 69.8. The number of amides is 1. The van der Waals surface area contributed by atoms with Crippen LogP contribution < -0.4 is 0 Å². The number of halogens is 2. The molecule has 9 nitrogen and oxygen atoms in total. The minimum absolute atomic E-state index is 0.149. The van der Waals surface area contributed by atoms with E-state index in [-0.39, 0.29) is 17.4 Å². The standard InChI is InChI=1S/C30H37F2N3O6S/c1-3-40-28(36)20-33-14-16-34(17-15-33)29(37)41-30(12-13-30)27-9-5-8-26(22-6-4-7-23(31)18-22)35(27)42(38,39)24-11-10-21(2)25(32)19-24/h4,6-7,10-11,18-19,26-27H,3,5,8-9,12-17,20H2,1-2H3/t26-,27+/m0/s1. The molecule has 0 radical (unpaired) electrons. The molecule has 0 aromatic heterocycles. The lowest BCUT2D eigenvalue weighted by Crippen LogP contribution is -2.55. The summed E-state index contributed by atoms with van der Waals surface area (Å²) in [6, 6.07) is 8.26. The molecule has 0 bridgehead atoms. The lowest BCUT2D eigenvalue weighted by molar-refractivity contribution is -0.144. The number of esters is 1. The van der Waals surface area contributed by atoms with Crippen molar-refractivity contribution in [3.05, 3.63) is 65.2 Å². The number of hydrogen-bond donors (Lipinski definition) is 0. The largest absolute Gasteiger partial charge is 0.465 e. The fourth-order valence-corrected chi connectivity index (χ4v) is 7.96. The van der Waals surface area contributed by atoms with Gasteiger partial charge in [0, 0.05) is 26.2 Å². The van der Waals surface area contributed by atoms with E-state index in [1.807, 2.05) is 4.90 Å². The number of benzene rings is 2. The molecule has 228 valence electrons. The van der Waals surface area contributed by atoms with Crippen LogP contribution in [0, 0.1) is 18.6 Å². The number of hydrogen-bond acceptors (Lipinski definition) is 7. The number of aryl methyl sites for hydroxylation is 1. The van der Waals surface area contributed by atoms with Crippen molar-refractivity contribution >= 4 is 22.1 Å². The van der Waals surface area contributed by atoms with Gasteiger partial charge in [-0.2, -0.15) is 4.31 Å². The Morgan fingerprint density at radius 2 is 1.76 bits per heavy atom. The maximum atomic E-state index is 14.6. The average Bonchev–Trinajstić information content (AvgIpc) is 3.75. The minimum Gasteiger partial charge on any atom is -0.465 e. The normalized spacial score (nSPS) is 22.9. The molecular formula is C30H37F2N3O6S. The molecule has 42 heavy (non-hydrogen) atoms. The number of sulfonamides is 1. The van der Waals surface area contributed by atoms with Crippen molar-refractivity contribution in [1.82, 2.24) is 14.1 Å². The third-order valence-corrected chi connectivity index (χ3v) is 10.4. The van der Waals surface area contributed by atoms with Crippen LogP contribution in [0.5, 0.6) is 0 Å². The number of piperazine rings is 1. The van der Waals surface area contributed by atoms with E-state index in [0.717, 1.165) is 6.07 Å². The number of piperidine rings is 1. The predicted octanol–water partition coefficient (Wildman–Crippen LogP) is 4.41. The van der Waals surface area contributed by atoms with Crippen molar-refractivity contribution in [1.29, 1.82) is 0 Å². The lowest BCUT2D eigenvalue weighted by atomic mass is 9.90. The van der Waals surface area contributed by atoms with Gasteiger partial charge in [0.05, 0.1) is 30.1 Å². The molecule has 5 rings (SSSR count). The molecule has 2 aromatic rings. The fraction of sp³-hybridized carbons (Fsp3) is 0.533. The van der Waals surface area contributed by atoms with Crippen molar-refractivity contribution in [3.8, 4) is 0 Å². The van der Waals surface area contributed by atoms with Crippen LogP contribution in [0.15, 0.2) is 47.4 Å². The van der Waals surface area contributed by atoms with Gasteiger partial charge < -0.3 is 14.4 Å². The van der Waals surface area contributed by atoms with Crippen LogP contribution in [-0.4, -0.2) is 85.6 Å². The number of nitrogens with zero attached hydrogens (tertiary/aromatic N) is 3. The van der Waals surface area contributed by atoms with E-state index in [0.29, 0.717) is 76.0 Å². The highest BCUT2D eigenvalue weighted by molar-refractivity contribution is 7.89. The first-order valence-corrected chi connectivity index (χ1v) is 15.9. The molecule has 2 aliphatic heterocycles. The summed E-state index contributed by atoms with van der Waals surface area (Å²) in [7, 11) is -4.27. The molecule has 2 aromatic carbocycles. The van der Waals surface area contributed by atoms with Crippen molar-refractivity contribution in [2.75, 3.05) is 39.3 Å². The third-order valence-electron chi connectivity index (χ3n) is 8.45. The second kappa shape index (κ2) is 12.3. The Bertz CT molecular complexity index is 1430. The predicted molar refractivity (Wildman–Crippen MR) is 150 cm³/mol. The molecule has 2 heterocycles. The van der Waals surface area contributed by atoms with Crippen LogP contribution in [0.2, 0.25) is 0 Å². The van der Waals surface area contributed by atoms with Crippen molar-refractivity contribution < 1.29 is 36.3 Å². The molecule has 2 saturated heterocycles. The number of rotatable bonds is 8. The van der Waals surface area contributed by atoms with Gasteiger partial charge in [-0.05, 0) is 81.3 Å². The Balaban J connectivity index is 1.39. The van der Waals surface area contributed by atoms with Gasteiger partial charge in [0.2, 0.25) is 10.0 Å². The zero-order valence-electron chi connectivity index (χ0n) is 23.9. The first kappa shape index (κ1) is 30.4. The second-order valence-corrected chi connectivity index (χ2v) is 13.1. The summed E-state index contributed by atoms with van der Waals surface area (Å²) in [6.45, 7) is 5.43. The third kappa shape index (κ3) is 6.30. The fourth-order valence-electron chi connectivity index (χ4n) is 6.03. The first-order chi connectivity index (χ1) is 20.0. The van der Waals surface area contributed by atoms with Crippen LogP contribution >= 0.6 is 0 Å². The van der Waals surface area contributed by atoms with E-state index in [4.69, 9.17) is 9.47 Å². The van der Waals surface area contributed by atoms with Gasteiger partial charge in [-0.1, -0.05) is 18.2 Å². The zero-order chi connectivity index (χ0) is 30.1. The van der Waals surface area contributed by atoms with Crippen molar-refractivity contribution in [3.63, 3.8) is 0 Å². The minimum atomic E-state index is -4.27. The molecule has 12 heteroatoms. The molecule has 1 aliphatic carbocycles. The van der Waals surface area contributed by atoms with Gasteiger partial charge in [0.15, 0.2) is 0 Å². The van der Waals surface area contributed by atoms with E-state index >= 15 is 0 Å². The Hall–Kier alpha value is -3.09. The first-order valence-electron chi connectivity index (χ1n) is 14.4. The number of carbonyl (C=O) groups excluding carboxylic acids is 2. The highest BCUT2D eigenvalue weighted by Gasteiger charge is 2.60. The van der Waals surface area contributed by atoms with Crippen LogP contribution in [0.4, 0.5) is 13.6 Å². The van der Waals surface area contributed by atoms with E-state index < -0.39 is 45.4 Å². The molecule has 3 aliphatic rings. The van der Waals surface area contributed by atoms with Gasteiger partial charge in [0.25, 0.3) is 0 Å². The van der Waals surface area contributed by atoms with Crippen molar-refractivity contribution in [2.45, 2.75) is 68.5 Å². The quantitative estimate of drug-likeness (QED) is 0.412. The highest BCUT2D eigenvalue weighted by atomic mass is 32.2. The average molecular weight is 606 g/mol. The summed E-state index contributed by atoms with van der Waals surface area (Å²) in [5.41, 5.74) is -0.224. The van der Waals surface area contributed by atoms with Crippen LogP contribution in [0.1, 0.15) is 56.2 Å². The Morgan fingerprint density at radius 1 is 1.02 bits per heavy atom. The molecule has 2 atom stereocenters. The molecule has 0 spiro atoms. The monoisotopic (exact) mass is 605 g/mol. The summed E-state index contributed by atoms with van der Waals surface area (Å²) >= 11 is 0. The smallest absolute Gasteiger partial charge is 0.410 e. The number of carbonyl (C=O) groups is 2. The molecule has 3 fully saturated rings. The van der Waals surface area contributed by atoms with Gasteiger partial charge in [-0.15, -0.1) is 0 Å². The van der Waals surface area contributed by atoms with Crippen LogP contribution in [-0.2, 0) is 24.3 Å². The van der Waals surface area contributed by atoms with E-state index in [1.165, 1.54) is 28.6 Å². The maximum absolute atomic E-state index is 14.6. The topological polar surface area (TPSA) is 96.5 Å². The summed E-state index contributed by atoms with van der Waals surface area (Å²) in [5.74, 6) is -1.44. The van der Waals surface area contributed by atoms with Crippen molar-refractivity contribution in [2.24, 2.45) is 0 Å². The Labute approximate surface area is 245 Å². The van der Waals surface area contributed by atoms with Gasteiger partial charge in [0.1, 0.15) is 17.2 Å². The van der Waals surface area contributed by atoms with Crippen LogP contribution in [0.3, 0.4) is 0 Å². The zero-order valence-corrected chi connectivity index (χ0v) is 24.7. The molecule has 0 N–H and O–H groups in total. The Kier molecular flexibility index (Phi) is 8.86. The number of ether oxygens (including phenoxy) is 2. The van der Waals surface area contributed by atoms with Gasteiger partial charge >= 0.3 is 12.1 Å². The van der Waals surface area contributed by atoms with Crippen LogP contribution in [0.25, 0.3) is 0 Å². The maximum Gasteiger partial charge on any atom is 0.410 e.